The SMILES string of the molecule is O=C(NCc1cc(-c2ccco2)on1)c1ccco1. The Morgan fingerprint density at radius 3 is 2.74 bits per heavy atom. The predicted octanol–water partition coefficient (Wildman–Crippen LogP) is 2.46. The van der Waals surface area contributed by atoms with E-state index in [0.29, 0.717) is 17.2 Å². The number of aromatic nitrogens is 1. The number of amides is 1. The standard InChI is InChI=1S/C13H10N2O4/c16-13(11-4-2-6-18-11)14-8-9-7-12(19-15-9)10-3-1-5-17-10/h1-7H,8H2,(H,14,16). The molecule has 3 aromatic rings. The molecule has 0 fully saturated rings. The van der Waals surface area contributed by atoms with Gasteiger partial charge in [0.05, 0.1) is 19.1 Å². The third kappa shape index (κ3) is 2.42. The van der Waals surface area contributed by atoms with E-state index in [1.54, 1.807) is 36.6 Å². The minimum absolute atomic E-state index is 0.254. The van der Waals surface area contributed by atoms with Crippen molar-refractivity contribution in [1.82, 2.24) is 10.5 Å². The van der Waals surface area contributed by atoms with Crippen LogP contribution in [0.3, 0.4) is 0 Å². The van der Waals surface area contributed by atoms with Gasteiger partial charge in [-0.3, -0.25) is 4.79 Å². The molecule has 3 aromatic heterocycles. The molecule has 96 valence electrons. The molecule has 0 saturated carbocycles. The Morgan fingerprint density at radius 2 is 2.00 bits per heavy atom. The fraction of sp³-hybridized carbons (Fsp3) is 0.0769. The molecule has 6 nitrogen and oxygen atoms in total. The minimum Gasteiger partial charge on any atom is -0.461 e. The summed E-state index contributed by atoms with van der Waals surface area (Å²) in [6.07, 6.45) is 3.00. The van der Waals surface area contributed by atoms with Crippen molar-refractivity contribution in [2.24, 2.45) is 0 Å². The van der Waals surface area contributed by atoms with Crippen LogP contribution in [0.4, 0.5) is 0 Å². The molecule has 0 radical (unpaired) electrons. The zero-order chi connectivity index (χ0) is 13.1. The first-order valence-electron chi connectivity index (χ1n) is 5.64. The van der Waals surface area contributed by atoms with Gasteiger partial charge in [0.1, 0.15) is 5.69 Å². The number of furan rings is 2. The van der Waals surface area contributed by atoms with E-state index in [2.05, 4.69) is 10.5 Å². The number of nitrogens with one attached hydrogen (secondary N) is 1. The summed E-state index contributed by atoms with van der Waals surface area (Å²) in [4.78, 5) is 11.6. The summed E-state index contributed by atoms with van der Waals surface area (Å²) in [5.74, 6) is 1.07. The molecule has 3 rings (SSSR count). The Bertz CT molecular complexity index is 653. The summed E-state index contributed by atoms with van der Waals surface area (Å²) in [6.45, 7) is 0.254. The average molecular weight is 258 g/mol. The maximum Gasteiger partial charge on any atom is 0.287 e. The van der Waals surface area contributed by atoms with Crippen LogP contribution < -0.4 is 5.32 Å². The van der Waals surface area contributed by atoms with E-state index in [1.807, 2.05) is 0 Å². The molecule has 3 heterocycles. The van der Waals surface area contributed by atoms with Crippen LogP contribution in [0.15, 0.2) is 56.2 Å². The number of hydrogen-bond acceptors (Lipinski definition) is 5. The Hall–Kier alpha value is -2.76. The molecular formula is C13H10N2O4. The quantitative estimate of drug-likeness (QED) is 0.777. The summed E-state index contributed by atoms with van der Waals surface area (Å²) >= 11 is 0. The molecule has 0 saturated heterocycles. The first-order valence-corrected chi connectivity index (χ1v) is 5.64. The van der Waals surface area contributed by atoms with Crippen LogP contribution in [0.2, 0.25) is 0 Å². The molecule has 0 aliphatic carbocycles. The molecule has 0 unspecified atom stereocenters. The number of hydrogen-bond donors (Lipinski definition) is 1. The van der Waals surface area contributed by atoms with Crippen molar-refractivity contribution in [1.29, 1.82) is 0 Å². The van der Waals surface area contributed by atoms with E-state index in [-0.39, 0.29) is 18.2 Å². The lowest BCUT2D eigenvalue weighted by molar-refractivity contribution is 0.0922. The molecule has 0 bridgehead atoms. The molecule has 0 aromatic carbocycles. The van der Waals surface area contributed by atoms with E-state index >= 15 is 0 Å². The largest absolute Gasteiger partial charge is 0.461 e. The summed E-state index contributed by atoms with van der Waals surface area (Å²) in [5, 5.41) is 6.52. The van der Waals surface area contributed by atoms with Crippen LogP contribution in [0, 0.1) is 0 Å². The van der Waals surface area contributed by atoms with Crippen LogP contribution >= 0.6 is 0 Å². The topological polar surface area (TPSA) is 81.4 Å². The lowest BCUT2D eigenvalue weighted by atomic mass is 10.3. The van der Waals surface area contributed by atoms with Gasteiger partial charge in [-0.2, -0.15) is 0 Å². The van der Waals surface area contributed by atoms with Crippen molar-refractivity contribution < 1.29 is 18.2 Å². The van der Waals surface area contributed by atoms with E-state index in [0.717, 1.165) is 0 Å². The third-order valence-corrected chi connectivity index (χ3v) is 2.50. The Labute approximate surface area is 108 Å². The average Bonchev–Trinajstić information content (AvgIpc) is 3.14. The predicted molar refractivity (Wildman–Crippen MR) is 64.1 cm³/mol. The molecule has 0 atom stereocenters. The second-order valence-corrected chi connectivity index (χ2v) is 3.82. The van der Waals surface area contributed by atoms with Crippen molar-refractivity contribution >= 4 is 5.91 Å². The first-order chi connectivity index (χ1) is 9.33. The first kappa shape index (κ1) is 11.3. The number of rotatable bonds is 4. The summed E-state index contributed by atoms with van der Waals surface area (Å²) in [6, 6.07) is 8.48. The van der Waals surface area contributed by atoms with Crippen molar-refractivity contribution in [3.8, 4) is 11.5 Å². The smallest absolute Gasteiger partial charge is 0.287 e. The van der Waals surface area contributed by atoms with Crippen LogP contribution in [0.1, 0.15) is 16.2 Å². The molecular weight excluding hydrogens is 248 g/mol. The van der Waals surface area contributed by atoms with Crippen LogP contribution in [0.25, 0.3) is 11.5 Å². The van der Waals surface area contributed by atoms with Crippen LogP contribution in [0.5, 0.6) is 0 Å². The fourth-order valence-corrected chi connectivity index (χ4v) is 1.60. The van der Waals surface area contributed by atoms with Crippen molar-refractivity contribution in [2.75, 3.05) is 0 Å². The highest BCUT2D eigenvalue weighted by atomic mass is 16.5. The molecule has 0 aliphatic rings. The van der Waals surface area contributed by atoms with Gasteiger partial charge in [0.2, 0.25) is 5.76 Å². The normalized spacial score (nSPS) is 10.5. The summed E-state index contributed by atoms with van der Waals surface area (Å²) in [7, 11) is 0. The Morgan fingerprint density at radius 1 is 1.16 bits per heavy atom. The van der Waals surface area contributed by atoms with Gasteiger partial charge in [-0.25, -0.2) is 0 Å². The van der Waals surface area contributed by atoms with Gasteiger partial charge in [0.25, 0.3) is 5.91 Å². The fourth-order valence-electron chi connectivity index (χ4n) is 1.60. The number of carbonyl (C=O) groups is 1. The highest BCUT2D eigenvalue weighted by Gasteiger charge is 2.11. The highest BCUT2D eigenvalue weighted by Crippen LogP contribution is 2.20. The second-order valence-electron chi connectivity index (χ2n) is 3.82. The molecule has 0 aliphatic heterocycles. The van der Waals surface area contributed by atoms with E-state index in [4.69, 9.17) is 13.4 Å². The summed E-state index contributed by atoms with van der Waals surface area (Å²) < 4.78 is 15.3. The third-order valence-electron chi connectivity index (χ3n) is 2.50. The summed E-state index contributed by atoms with van der Waals surface area (Å²) in [5.41, 5.74) is 0.603. The maximum atomic E-state index is 11.6. The zero-order valence-electron chi connectivity index (χ0n) is 9.83. The van der Waals surface area contributed by atoms with Crippen molar-refractivity contribution in [2.45, 2.75) is 6.54 Å². The molecule has 1 N–H and O–H groups in total. The van der Waals surface area contributed by atoms with E-state index in [9.17, 15) is 4.79 Å². The second kappa shape index (κ2) is 4.85. The van der Waals surface area contributed by atoms with Gasteiger partial charge in [0, 0.05) is 6.07 Å². The lowest BCUT2D eigenvalue weighted by Crippen LogP contribution is -2.22. The van der Waals surface area contributed by atoms with Gasteiger partial charge in [-0.15, -0.1) is 0 Å². The monoisotopic (exact) mass is 258 g/mol. The Kier molecular flexibility index (Phi) is 2.89. The molecule has 6 heteroatoms. The zero-order valence-corrected chi connectivity index (χ0v) is 9.83. The van der Waals surface area contributed by atoms with Gasteiger partial charge >= 0.3 is 0 Å². The Balaban J connectivity index is 1.63. The van der Waals surface area contributed by atoms with E-state index in [1.165, 1.54) is 6.26 Å². The van der Waals surface area contributed by atoms with Gasteiger partial charge in [-0.05, 0) is 24.3 Å². The minimum atomic E-state index is -0.299. The lowest BCUT2D eigenvalue weighted by Gasteiger charge is -1.98. The molecule has 19 heavy (non-hydrogen) atoms. The van der Waals surface area contributed by atoms with Gasteiger partial charge in [-0.1, -0.05) is 5.16 Å². The van der Waals surface area contributed by atoms with Gasteiger partial charge < -0.3 is 18.7 Å². The van der Waals surface area contributed by atoms with E-state index < -0.39 is 0 Å². The molecule has 0 spiro atoms. The maximum absolute atomic E-state index is 11.6. The highest BCUT2D eigenvalue weighted by molar-refractivity contribution is 5.91. The van der Waals surface area contributed by atoms with Crippen LogP contribution in [-0.2, 0) is 6.54 Å². The van der Waals surface area contributed by atoms with Crippen molar-refractivity contribution in [3.05, 3.63) is 54.3 Å². The number of carbonyl (C=O) groups excluding carboxylic acids is 1. The van der Waals surface area contributed by atoms with Crippen LogP contribution in [-0.4, -0.2) is 11.1 Å². The number of nitrogens with zero attached hydrogens (tertiary/aromatic N) is 1. The van der Waals surface area contributed by atoms with Gasteiger partial charge in [0.15, 0.2) is 11.5 Å². The van der Waals surface area contributed by atoms with Crippen molar-refractivity contribution in [3.63, 3.8) is 0 Å². The molecule has 1 amide bonds.